The second-order valence-corrected chi connectivity index (χ2v) is 11.2. The molecule has 38 heavy (non-hydrogen) atoms. The van der Waals surface area contributed by atoms with E-state index in [1.54, 1.807) is 6.20 Å². The number of thiol groups is 1. The third kappa shape index (κ3) is 3.70. The summed E-state index contributed by atoms with van der Waals surface area (Å²) in [6.07, 6.45) is 1.81. The van der Waals surface area contributed by atoms with Gasteiger partial charge >= 0.3 is 0 Å². The van der Waals surface area contributed by atoms with Crippen LogP contribution in [0.3, 0.4) is 0 Å². The van der Waals surface area contributed by atoms with Crippen LogP contribution < -0.4 is 4.74 Å². The van der Waals surface area contributed by atoms with Crippen molar-refractivity contribution >= 4 is 51.0 Å². The van der Waals surface area contributed by atoms with E-state index >= 15 is 0 Å². The van der Waals surface area contributed by atoms with Gasteiger partial charge in [-0.2, -0.15) is 12.6 Å². The van der Waals surface area contributed by atoms with Crippen LogP contribution in [0.2, 0.25) is 0 Å². The number of benzene rings is 4. The lowest BCUT2D eigenvalue weighted by Gasteiger charge is -2.23. The molecule has 184 valence electrons. The van der Waals surface area contributed by atoms with Gasteiger partial charge in [0.25, 0.3) is 0 Å². The number of imidazole rings is 1. The van der Waals surface area contributed by atoms with Gasteiger partial charge < -0.3 is 4.74 Å². The largest absolute Gasteiger partial charge is 0.457 e. The molecule has 3 heterocycles. The Labute approximate surface area is 226 Å². The molecule has 0 atom stereocenters. The number of ether oxygens (including phenoxy) is 1. The molecule has 5 heteroatoms. The van der Waals surface area contributed by atoms with Crippen LogP contribution in [-0.2, 0) is 4.75 Å². The Balaban J connectivity index is 1.45. The number of fused-ring (bicyclic) bond motifs is 8. The Morgan fingerprint density at radius 1 is 0.737 bits per heavy atom. The number of nitrogens with zero attached hydrogens (tertiary/aromatic N) is 3. The zero-order chi connectivity index (χ0) is 25.9. The molecule has 0 N–H and O–H groups in total. The smallest absolute Gasteiger partial charge is 0.146 e. The van der Waals surface area contributed by atoms with Gasteiger partial charge in [0.2, 0.25) is 0 Å². The molecule has 0 spiro atoms. The van der Waals surface area contributed by atoms with Crippen molar-refractivity contribution in [2.45, 2.75) is 18.6 Å². The maximum absolute atomic E-state index is 6.63. The lowest BCUT2D eigenvalue weighted by molar-refractivity contribution is 0.471. The Kier molecular flexibility index (Phi) is 5.17. The molecule has 0 radical (unpaired) electrons. The van der Waals surface area contributed by atoms with E-state index in [0.29, 0.717) is 0 Å². The number of hydrogen-bond donors (Lipinski definition) is 1. The molecule has 4 aromatic carbocycles. The van der Waals surface area contributed by atoms with Gasteiger partial charge in [-0.1, -0.05) is 48.5 Å². The predicted molar refractivity (Wildman–Crippen MR) is 159 cm³/mol. The molecular weight excluding hydrogens is 486 g/mol. The Hall–Kier alpha value is -4.35. The summed E-state index contributed by atoms with van der Waals surface area (Å²) in [6.45, 7) is 4.15. The second kappa shape index (κ2) is 8.61. The molecule has 0 fully saturated rings. The van der Waals surface area contributed by atoms with Crippen molar-refractivity contribution in [1.29, 1.82) is 0 Å². The van der Waals surface area contributed by atoms with E-state index in [0.717, 1.165) is 61.3 Å². The molecule has 0 saturated heterocycles. The summed E-state index contributed by atoms with van der Waals surface area (Å²) < 4.78 is 8.49. The van der Waals surface area contributed by atoms with Gasteiger partial charge in [-0.3, -0.25) is 9.38 Å². The Morgan fingerprint density at radius 3 is 2.34 bits per heavy atom. The first-order chi connectivity index (χ1) is 18.5. The first kappa shape index (κ1) is 22.8. The van der Waals surface area contributed by atoms with Crippen molar-refractivity contribution in [3.8, 4) is 22.8 Å². The summed E-state index contributed by atoms with van der Waals surface area (Å²) in [6, 6.07) is 35.2. The molecule has 7 aromatic rings. The SMILES string of the molecule is CC(C)(S)c1ccc(-c2ccccn2)cc1Oc1ccc2c3ccccc3n3c4ccccc4nc3c2c1. The van der Waals surface area contributed by atoms with Crippen LogP contribution in [0.5, 0.6) is 11.5 Å². The number of aromatic nitrogens is 3. The van der Waals surface area contributed by atoms with Gasteiger partial charge in [0.05, 0.1) is 22.2 Å². The van der Waals surface area contributed by atoms with E-state index in [-0.39, 0.29) is 4.75 Å². The first-order valence-corrected chi connectivity index (χ1v) is 13.1. The van der Waals surface area contributed by atoms with E-state index in [4.69, 9.17) is 22.3 Å². The molecule has 0 amide bonds. The number of para-hydroxylation sites is 3. The molecule has 7 rings (SSSR count). The first-order valence-electron chi connectivity index (χ1n) is 12.7. The predicted octanol–water partition coefficient (Wildman–Crippen LogP) is 8.81. The zero-order valence-electron chi connectivity index (χ0n) is 21.1. The highest BCUT2D eigenvalue weighted by Gasteiger charge is 2.22. The van der Waals surface area contributed by atoms with Crippen LogP contribution in [0.1, 0.15) is 19.4 Å². The lowest BCUT2D eigenvalue weighted by atomic mass is 9.98. The van der Waals surface area contributed by atoms with Gasteiger partial charge in [0.1, 0.15) is 17.1 Å². The van der Waals surface area contributed by atoms with Gasteiger partial charge in [-0.05, 0) is 73.8 Å². The molecule has 0 bridgehead atoms. The van der Waals surface area contributed by atoms with E-state index in [9.17, 15) is 0 Å². The van der Waals surface area contributed by atoms with E-state index in [1.165, 1.54) is 5.39 Å². The highest BCUT2D eigenvalue weighted by molar-refractivity contribution is 7.81. The summed E-state index contributed by atoms with van der Waals surface area (Å²) in [5, 5.41) is 3.37. The van der Waals surface area contributed by atoms with Crippen LogP contribution >= 0.6 is 12.6 Å². The number of rotatable bonds is 4. The van der Waals surface area contributed by atoms with Crippen LogP contribution in [0.15, 0.2) is 109 Å². The second-order valence-electron chi connectivity index (χ2n) is 10.1. The van der Waals surface area contributed by atoms with Crippen molar-refractivity contribution in [1.82, 2.24) is 14.4 Å². The molecule has 4 nitrogen and oxygen atoms in total. The van der Waals surface area contributed by atoms with Crippen LogP contribution in [0.4, 0.5) is 0 Å². The third-order valence-electron chi connectivity index (χ3n) is 7.06. The number of pyridine rings is 2. The minimum Gasteiger partial charge on any atom is -0.457 e. The average Bonchev–Trinajstić information content (AvgIpc) is 3.33. The quantitative estimate of drug-likeness (QED) is 0.190. The monoisotopic (exact) mass is 511 g/mol. The summed E-state index contributed by atoms with van der Waals surface area (Å²) in [5.41, 5.74) is 7.03. The van der Waals surface area contributed by atoms with Crippen molar-refractivity contribution in [3.63, 3.8) is 0 Å². The standard InChI is InChI=1S/C33H25N3OS/c1-33(2,38)26-17-14-21(27-10-7-8-18-34-27)19-31(26)37-22-15-16-23-24-9-3-5-12-29(24)36-30-13-6-4-11-28(30)35-32(36)25(23)20-22/h3-20,38H,1-2H3. The van der Waals surface area contributed by atoms with E-state index in [1.807, 2.05) is 30.3 Å². The molecule has 3 aromatic heterocycles. The molecule has 0 unspecified atom stereocenters. The van der Waals surface area contributed by atoms with Crippen molar-refractivity contribution in [2.75, 3.05) is 0 Å². The Bertz CT molecular complexity index is 1990. The number of hydrogen-bond acceptors (Lipinski definition) is 4. The minimum atomic E-state index is -0.390. The fourth-order valence-corrected chi connectivity index (χ4v) is 5.47. The van der Waals surface area contributed by atoms with E-state index in [2.05, 4.69) is 96.0 Å². The molecule has 0 aliphatic carbocycles. The van der Waals surface area contributed by atoms with Crippen molar-refractivity contribution in [2.24, 2.45) is 0 Å². The molecule has 0 aliphatic rings. The molecule has 0 saturated carbocycles. The average molecular weight is 512 g/mol. The molecule has 0 aliphatic heterocycles. The molecular formula is C33H25N3OS. The van der Waals surface area contributed by atoms with Crippen LogP contribution in [0, 0.1) is 0 Å². The summed E-state index contributed by atoms with van der Waals surface area (Å²) >= 11 is 4.87. The highest BCUT2D eigenvalue weighted by atomic mass is 32.1. The van der Waals surface area contributed by atoms with Gasteiger partial charge in [-0.25, -0.2) is 4.98 Å². The maximum Gasteiger partial charge on any atom is 0.146 e. The fraction of sp³-hybridized carbons (Fsp3) is 0.0909. The minimum absolute atomic E-state index is 0.390. The van der Waals surface area contributed by atoms with Gasteiger partial charge in [-0.15, -0.1) is 0 Å². The van der Waals surface area contributed by atoms with Gasteiger partial charge in [0.15, 0.2) is 0 Å². The Morgan fingerprint density at radius 2 is 1.53 bits per heavy atom. The van der Waals surface area contributed by atoms with Gasteiger partial charge in [0, 0.05) is 32.8 Å². The zero-order valence-corrected chi connectivity index (χ0v) is 22.0. The topological polar surface area (TPSA) is 39.4 Å². The van der Waals surface area contributed by atoms with Crippen LogP contribution in [-0.4, -0.2) is 14.4 Å². The normalized spacial score (nSPS) is 12.1. The fourth-order valence-electron chi connectivity index (χ4n) is 5.29. The van der Waals surface area contributed by atoms with Crippen LogP contribution in [0.25, 0.3) is 49.6 Å². The van der Waals surface area contributed by atoms with Crippen molar-refractivity contribution in [3.05, 3.63) is 115 Å². The van der Waals surface area contributed by atoms with Crippen molar-refractivity contribution < 1.29 is 4.74 Å². The summed E-state index contributed by atoms with van der Waals surface area (Å²) in [4.78, 5) is 9.57. The lowest BCUT2D eigenvalue weighted by Crippen LogP contribution is -2.09. The van der Waals surface area contributed by atoms with E-state index < -0.39 is 0 Å². The summed E-state index contributed by atoms with van der Waals surface area (Å²) in [5.74, 6) is 1.51. The maximum atomic E-state index is 6.63. The third-order valence-corrected chi connectivity index (χ3v) is 7.30. The summed E-state index contributed by atoms with van der Waals surface area (Å²) in [7, 11) is 0. The highest BCUT2D eigenvalue weighted by Crippen LogP contribution is 2.41.